The number of amides is 1. The maximum absolute atomic E-state index is 12.9. The Morgan fingerprint density at radius 3 is 2.18 bits per heavy atom. The summed E-state index contributed by atoms with van der Waals surface area (Å²) in [6.07, 6.45) is 0. The smallest absolute Gasteiger partial charge is 0.246 e. The Kier molecular flexibility index (Phi) is 7.18. The lowest BCUT2D eigenvalue weighted by Crippen LogP contribution is -2.52. The number of hydrogen-bond acceptors (Lipinski definition) is 6. The summed E-state index contributed by atoms with van der Waals surface area (Å²) in [6.45, 7) is 5.45. The van der Waals surface area contributed by atoms with Gasteiger partial charge in [0.1, 0.15) is 10.6 Å². The number of phenolic OH excluding ortho intramolecular Hbond substituents is 1. The molecule has 11 heteroatoms. The van der Waals surface area contributed by atoms with E-state index >= 15 is 0 Å². The molecule has 1 heterocycles. The topological polar surface area (TPSA) is 115 Å². The maximum atomic E-state index is 12.9. The molecule has 0 saturated carbocycles. The summed E-state index contributed by atoms with van der Waals surface area (Å²) in [5, 5.41) is 10.0. The second-order valence-corrected chi connectivity index (χ2v) is 12.2. The van der Waals surface area contributed by atoms with Gasteiger partial charge in [-0.25, -0.2) is 16.8 Å². The van der Waals surface area contributed by atoms with Crippen molar-refractivity contribution < 1.29 is 26.7 Å². The zero-order chi connectivity index (χ0) is 24.6. The monoisotopic (exact) mass is 495 g/mol. The van der Waals surface area contributed by atoms with Crippen LogP contribution < -0.4 is 0 Å². The van der Waals surface area contributed by atoms with E-state index in [9.17, 15) is 26.7 Å². The van der Waals surface area contributed by atoms with Gasteiger partial charge < -0.3 is 10.0 Å². The molecule has 2 aromatic rings. The van der Waals surface area contributed by atoms with Gasteiger partial charge in [0, 0.05) is 33.2 Å². The number of rotatable bonds is 6. The largest absolute Gasteiger partial charge is 0.507 e. The fraction of sp³-hybridized carbons (Fsp3) is 0.409. The minimum absolute atomic E-state index is 0.0507. The van der Waals surface area contributed by atoms with E-state index in [2.05, 4.69) is 0 Å². The quantitative estimate of drug-likeness (QED) is 0.649. The molecule has 2 aromatic carbocycles. The van der Waals surface area contributed by atoms with E-state index in [0.29, 0.717) is 5.56 Å². The summed E-state index contributed by atoms with van der Waals surface area (Å²) in [7, 11) is -6.40. The number of carbonyl (C=O) groups is 1. The summed E-state index contributed by atoms with van der Waals surface area (Å²) in [6, 6.07) is 9.19. The van der Waals surface area contributed by atoms with Crippen LogP contribution in [0.4, 0.5) is 0 Å². The Morgan fingerprint density at radius 1 is 0.939 bits per heavy atom. The summed E-state index contributed by atoms with van der Waals surface area (Å²) in [5.41, 5.74) is 2.51. The van der Waals surface area contributed by atoms with Crippen LogP contribution >= 0.6 is 0 Å². The maximum Gasteiger partial charge on any atom is 0.246 e. The van der Waals surface area contributed by atoms with Crippen LogP contribution in [0, 0.1) is 20.8 Å². The second kappa shape index (κ2) is 9.41. The lowest BCUT2D eigenvalue weighted by molar-refractivity contribution is -0.132. The molecule has 180 valence electrons. The highest BCUT2D eigenvalue weighted by Gasteiger charge is 2.33. The van der Waals surface area contributed by atoms with Gasteiger partial charge in [-0.3, -0.25) is 4.79 Å². The molecule has 0 aromatic heterocycles. The predicted octanol–water partition coefficient (Wildman–Crippen LogP) is 1.47. The SMILES string of the molecule is Cc1ccc(O)c(S(=O)(=O)N2CCN(C(=O)CN(C)S(=O)(=O)c3ccc(C)c(C)c3)CC2)c1. The molecule has 1 N–H and O–H groups in total. The van der Waals surface area contributed by atoms with Crippen molar-refractivity contribution in [3.8, 4) is 5.75 Å². The molecule has 9 nitrogen and oxygen atoms in total. The highest BCUT2D eigenvalue weighted by Crippen LogP contribution is 2.27. The van der Waals surface area contributed by atoms with E-state index in [4.69, 9.17) is 0 Å². The molecule has 33 heavy (non-hydrogen) atoms. The van der Waals surface area contributed by atoms with Crippen LogP contribution in [0.5, 0.6) is 5.75 Å². The summed E-state index contributed by atoms with van der Waals surface area (Å²) >= 11 is 0. The van der Waals surface area contributed by atoms with Crippen molar-refractivity contribution in [3.05, 3.63) is 53.1 Å². The summed E-state index contributed by atoms with van der Waals surface area (Å²) in [5.74, 6) is -0.724. The number of hydrogen-bond donors (Lipinski definition) is 1. The highest BCUT2D eigenvalue weighted by atomic mass is 32.2. The molecule has 0 spiro atoms. The van der Waals surface area contributed by atoms with Crippen molar-refractivity contribution in [2.45, 2.75) is 30.6 Å². The molecule has 0 unspecified atom stereocenters. The van der Waals surface area contributed by atoms with Crippen LogP contribution in [-0.2, 0) is 24.8 Å². The van der Waals surface area contributed by atoms with Crippen molar-refractivity contribution in [1.82, 2.24) is 13.5 Å². The third-order valence-corrected chi connectivity index (χ3v) is 9.60. The number of carbonyl (C=O) groups excluding carboxylic acids is 1. The molecule has 1 aliphatic heterocycles. The van der Waals surface area contributed by atoms with Gasteiger partial charge in [-0.05, 0) is 61.7 Å². The van der Waals surface area contributed by atoms with Crippen molar-refractivity contribution in [3.63, 3.8) is 0 Å². The van der Waals surface area contributed by atoms with E-state index < -0.39 is 26.0 Å². The average molecular weight is 496 g/mol. The van der Waals surface area contributed by atoms with E-state index in [1.165, 1.54) is 34.5 Å². The van der Waals surface area contributed by atoms with Crippen LogP contribution in [0.3, 0.4) is 0 Å². The van der Waals surface area contributed by atoms with Crippen LogP contribution in [0.2, 0.25) is 0 Å². The van der Waals surface area contributed by atoms with Gasteiger partial charge in [0.15, 0.2) is 0 Å². The number of piperazine rings is 1. The first kappa shape index (κ1) is 25.2. The van der Waals surface area contributed by atoms with Gasteiger partial charge in [0.2, 0.25) is 26.0 Å². The number of benzene rings is 2. The average Bonchev–Trinajstić information content (AvgIpc) is 2.77. The number of aryl methyl sites for hydroxylation is 3. The molecule has 0 atom stereocenters. The van der Waals surface area contributed by atoms with Crippen molar-refractivity contribution in [2.75, 3.05) is 39.8 Å². The van der Waals surface area contributed by atoms with E-state index in [0.717, 1.165) is 15.4 Å². The molecule has 0 aliphatic carbocycles. The first-order chi connectivity index (χ1) is 15.3. The molecule has 1 fully saturated rings. The van der Waals surface area contributed by atoms with Gasteiger partial charge in [-0.1, -0.05) is 12.1 Å². The summed E-state index contributed by atoms with van der Waals surface area (Å²) in [4.78, 5) is 14.2. The first-order valence-electron chi connectivity index (χ1n) is 10.4. The lowest BCUT2D eigenvalue weighted by Gasteiger charge is -2.34. The standard InChI is InChI=1S/C22H29N3O6S2/c1-16-5-8-20(26)21(13-16)33(30,31)25-11-9-24(10-12-25)22(27)15-23(4)32(28,29)19-7-6-17(2)18(3)14-19/h5-8,13-14,26H,9-12,15H2,1-4H3. The van der Waals surface area contributed by atoms with E-state index in [1.54, 1.807) is 25.1 Å². The molecule has 1 amide bonds. The van der Waals surface area contributed by atoms with Crippen molar-refractivity contribution in [2.24, 2.45) is 0 Å². The molecule has 0 bridgehead atoms. The van der Waals surface area contributed by atoms with Crippen molar-refractivity contribution >= 4 is 26.0 Å². The summed E-state index contributed by atoms with van der Waals surface area (Å²) < 4.78 is 53.8. The zero-order valence-electron chi connectivity index (χ0n) is 19.1. The predicted molar refractivity (Wildman–Crippen MR) is 124 cm³/mol. The highest BCUT2D eigenvalue weighted by molar-refractivity contribution is 7.89. The fourth-order valence-corrected chi connectivity index (χ4v) is 6.37. The number of sulfonamides is 2. The van der Waals surface area contributed by atoms with Crippen molar-refractivity contribution in [1.29, 1.82) is 0 Å². The normalized spacial score (nSPS) is 15.7. The molecular formula is C22H29N3O6S2. The fourth-order valence-electron chi connectivity index (χ4n) is 3.57. The number of nitrogens with zero attached hydrogens (tertiary/aromatic N) is 3. The van der Waals surface area contributed by atoms with E-state index in [1.807, 2.05) is 13.8 Å². The third kappa shape index (κ3) is 5.21. The Hall–Kier alpha value is -2.47. The Labute approximate surface area is 195 Å². The van der Waals surface area contributed by atoms with Gasteiger partial charge in [-0.2, -0.15) is 8.61 Å². The van der Waals surface area contributed by atoms with Gasteiger partial charge in [-0.15, -0.1) is 0 Å². The molecule has 1 saturated heterocycles. The number of aromatic hydroxyl groups is 1. The Balaban J connectivity index is 1.65. The van der Waals surface area contributed by atoms with Crippen LogP contribution in [0.25, 0.3) is 0 Å². The first-order valence-corrected chi connectivity index (χ1v) is 13.3. The van der Waals surface area contributed by atoms with Gasteiger partial charge >= 0.3 is 0 Å². The van der Waals surface area contributed by atoms with Crippen LogP contribution in [0.1, 0.15) is 16.7 Å². The Morgan fingerprint density at radius 2 is 1.58 bits per heavy atom. The molecule has 1 aliphatic rings. The minimum Gasteiger partial charge on any atom is -0.507 e. The molecule has 3 rings (SSSR count). The van der Waals surface area contributed by atoms with Crippen LogP contribution in [-0.4, -0.2) is 81.1 Å². The lowest BCUT2D eigenvalue weighted by atomic mass is 10.1. The number of likely N-dealkylation sites (N-methyl/N-ethyl adjacent to an activating group) is 1. The molecular weight excluding hydrogens is 466 g/mol. The van der Waals surface area contributed by atoms with Crippen LogP contribution in [0.15, 0.2) is 46.2 Å². The zero-order valence-corrected chi connectivity index (χ0v) is 20.8. The molecule has 0 radical (unpaired) electrons. The van der Waals surface area contributed by atoms with Gasteiger partial charge in [0.25, 0.3) is 0 Å². The second-order valence-electron chi connectivity index (χ2n) is 8.26. The minimum atomic E-state index is -3.92. The Bertz CT molecular complexity index is 1270. The van der Waals surface area contributed by atoms with E-state index in [-0.39, 0.29) is 48.3 Å². The van der Waals surface area contributed by atoms with Gasteiger partial charge in [0.05, 0.1) is 11.4 Å². The third-order valence-electron chi connectivity index (χ3n) is 5.87. The number of phenols is 1.